The van der Waals surface area contributed by atoms with Crippen LogP contribution in [0.4, 0.5) is 11.5 Å². The molecule has 32 heavy (non-hydrogen) atoms. The topological polar surface area (TPSA) is 114 Å². The molecule has 2 amide bonds. The maximum absolute atomic E-state index is 12.7. The van der Waals surface area contributed by atoms with Crippen molar-refractivity contribution in [3.8, 4) is 5.75 Å². The molecule has 1 saturated heterocycles. The van der Waals surface area contributed by atoms with E-state index in [0.717, 1.165) is 29.9 Å². The second-order valence-electron chi connectivity index (χ2n) is 7.65. The van der Waals surface area contributed by atoms with Crippen molar-refractivity contribution in [3.05, 3.63) is 36.8 Å². The fourth-order valence-corrected chi connectivity index (χ4v) is 3.78. The van der Waals surface area contributed by atoms with Gasteiger partial charge in [-0.15, -0.1) is 0 Å². The molecule has 0 saturated carbocycles. The third-order valence-electron chi connectivity index (χ3n) is 5.46. The van der Waals surface area contributed by atoms with E-state index in [1.54, 1.807) is 29.0 Å². The van der Waals surface area contributed by atoms with E-state index in [4.69, 9.17) is 4.74 Å². The van der Waals surface area contributed by atoms with Gasteiger partial charge in [-0.1, -0.05) is 13.0 Å². The van der Waals surface area contributed by atoms with Crippen LogP contribution in [0.5, 0.6) is 5.75 Å². The molecular weight excluding hydrogens is 410 g/mol. The Hall–Kier alpha value is -3.69. The van der Waals surface area contributed by atoms with Crippen molar-refractivity contribution in [2.24, 2.45) is 5.92 Å². The first-order valence-electron chi connectivity index (χ1n) is 10.7. The highest BCUT2D eigenvalue weighted by atomic mass is 16.5. The number of anilines is 2. The van der Waals surface area contributed by atoms with Crippen molar-refractivity contribution in [1.29, 1.82) is 0 Å². The second-order valence-corrected chi connectivity index (χ2v) is 7.65. The summed E-state index contributed by atoms with van der Waals surface area (Å²) in [6, 6.07) is 7.29. The van der Waals surface area contributed by atoms with Crippen LogP contribution in [0.25, 0.3) is 11.0 Å². The molecule has 1 aliphatic heterocycles. The van der Waals surface area contributed by atoms with Crippen LogP contribution in [0.1, 0.15) is 19.8 Å². The van der Waals surface area contributed by atoms with Crippen LogP contribution in [0, 0.1) is 5.92 Å². The number of nitrogens with zero attached hydrogens (tertiary/aromatic N) is 5. The Labute approximate surface area is 186 Å². The number of carbonyl (C=O) groups excluding carboxylic acids is 2. The van der Waals surface area contributed by atoms with Gasteiger partial charge in [0.25, 0.3) is 0 Å². The van der Waals surface area contributed by atoms with Crippen LogP contribution in [-0.4, -0.2) is 58.3 Å². The van der Waals surface area contributed by atoms with Crippen LogP contribution in [0.15, 0.2) is 36.8 Å². The molecule has 3 aromatic rings. The summed E-state index contributed by atoms with van der Waals surface area (Å²) in [7, 11) is 1.58. The van der Waals surface area contributed by atoms with E-state index in [-0.39, 0.29) is 18.2 Å². The third kappa shape index (κ3) is 4.48. The van der Waals surface area contributed by atoms with Gasteiger partial charge in [0.05, 0.1) is 31.2 Å². The van der Waals surface area contributed by atoms with E-state index in [2.05, 4.69) is 32.6 Å². The summed E-state index contributed by atoms with van der Waals surface area (Å²) in [5, 5.41) is 11.4. The maximum atomic E-state index is 12.7. The zero-order valence-electron chi connectivity index (χ0n) is 18.2. The van der Waals surface area contributed by atoms with Gasteiger partial charge in [-0.3, -0.25) is 9.59 Å². The predicted molar refractivity (Wildman–Crippen MR) is 121 cm³/mol. The molecule has 1 unspecified atom stereocenters. The molecule has 4 rings (SSSR count). The molecule has 1 aliphatic rings. The van der Waals surface area contributed by atoms with Crippen LogP contribution in [0.2, 0.25) is 0 Å². The van der Waals surface area contributed by atoms with Gasteiger partial charge in [0.1, 0.15) is 17.9 Å². The molecule has 0 spiro atoms. The van der Waals surface area contributed by atoms with Crippen molar-refractivity contribution in [2.45, 2.75) is 26.3 Å². The summed E-state index contributed by atoms with van der Waals surface area (Å²) in [5.41, 5.74) is 1.45. The van der Waals surface area contributed by atoms with Gasteiger partial charge in [-0.2, -0.15) is 5.10 Å². The van der Waals surface area contributed by atoms with Gasteiger partial charge in [-0.25, -0.2) is 14.6 Å². The largest absolute Gasteiger partial charge is 0.497 e. The number of amides is 2. The van der Waals surface area contributed by atoms with Gasteiger partial charge in [0, 0.05) is 37.8 Å². The molecular formula is C22H27N7O3. The van der Waals surface area contributed by atoms with Crippen LogP contribution in [0.3, 0.4) is 0 Å². The number of benzene rings is 1. The SMILES string of the molecule is CCCNc1ncnc2c1cnn2CCNC(=O)C1CC(=O)N(c2cccc(OC)c2)C1. The molecule has 0 bridgehead atoms. The first-order chi connectivity index (χ1) is 15.6. The van der Waals surface area contributed by atoms with Crippen molar-refractivity contribution in [3.63, 3.8) is 0 Å². The van der Waals surface area contributed by atoms with Gasteiger partial charge in [0.15, 0.2) is 5.65 Å². The first kappa shape index (κ1) is 21.5. The van der Waals surface area contributed by atoms with Crippen molar-refractivity contribution in [1.82, 2.24) is 25.1 Å². The van der Waals surface area contributed by atoms with E-state index < -0.39 is 5.92 Å². The van der Waals surface area contributed by atoms with Crippen molar-refractivity contribution in [2.75, 3.05) is 37.0 Å². The lowest BCUT2D eigenvalue weighted by Gasteiger charge is -2.17. The van der Waals surface area contributed by atoms with Crippen molar-refractivity contribution < 1.29 is 14.3 Å². The summed E-state index contributed by atoms with van der Waals surface area (Å²) in [5.74, 6) is 0.830. The smallest absolute Gasteiger partial charge is 0.227 e. The number of ether oxygens (including phenoxy) is 1. The van der Waals surface area contributed by atoms with Gasteiger partial charge in [0.2, 0.25) is 11.8 Å². The standard InChI is InChI=1S/C22H27N7O3/c1-3-7-23-20-18-12-27-29(21(18)26-14-25-20)9-8-24-22(31)15-10-19(30)28(13-15)16-5-4-6-17(11-16)32-2/h4-6,11-12,14-15H,3,7-10,13H2,1-2H3,(H,24,31)(H,23,25,26). The molecule has 1 fully saturated rings. The Kier molecular flexibility index (Phi) is 6.48. The summed E-state index contributed by atoms with van der Waals surface area (Å²) < 4.78 is 6.98. The van der Waals surface area contributed by atoms with Crippen LogP contribution >= 0.6 is 0 Å². The monoisotopic (exact) mass is 437 g/mol. The van der Waals surface area contributed by atoms with Gasteiger partial charge >= 0.3 is 0 Å². The lowest BCUT2D eigenvalue weighted by molar-refractivity contribution is -0.126. The Balaban J connectivity index is 1.34. The molecule has 0 aliphatic carbocycles. The number of methoxy groups -OCH3 is 1. The summed E-state index contributed by atoms with van der Waals surface area (Å²) in [6.07, 6.45) is 4.42. The number of hydrogen-bond donors (Lipinski definition) is 2. The minimum Gasteiger partial charge on any atom is -0.497 e. The number of fused-ring (bicyclic) bond motifs is 1. The van der Waals surface area contributed by atoms with Crippen molar-refractivity contribution >= 4 is 34.4 Å². The summed E-state index contributed by atoms with van der Waals surface area (Å²) in [4.78, 5) is 35.4. The number of hydrogen-bond acceptors (Lipinski definition) is 7. The Bertz CT molecular complexity index is 1110. The molecule has 168 valence electrons. The molecule has 2 aromatic heterocycles. The highest BCUT2D eigenvalue weighted by molar-refractivity contribution is 6.00. The summed E-state index contributed by atoms with van der Waals surface area (Å²) in [6.45, 7) is 4.12. The number of carbonyl (C=O) groups is 2. The Morgan fingerprint density at radius 2 is 2.16 bits per heavy atom. The number of aromatic nitrogens is 4. The average Bonchev–Trinajstić information content (AvgIpc) is 3.41. The highest BCUT2D eigenvalue weighted by Gasteiger charge is 2.35. The molecule has 0 radical (unpaired) electrons. The molecule has 3 heterocycles. The van der Waals surface area contributed by atoms with E-state index in [1.807, 2.05) is 18.2 Å². The third-order valence-corrected chi connectivity index (χ3v) is 5.46. The molecule has 1 aromatic carbocycles. The van der Waals surface area contributed by atoms with E-state index in [1.165, 1.54) is 6.33 Å². The Morgan fingerprint density at radius 1 is 1.28 bits per heavy atom. The van der Waals surface area contributed by atoms with Gasteiger partial charge in [-0.05, 0) is 18.6 Å². The maximum Gasteiger partial charge on any atom is 0.227 e. The van der Waals surface area contributed by atoms with Gasteiger partial charge < -0.3 is 20.3 Å². The minimum absolute atomic E-state index is 0.0692. The molecule has 2 N–H and O–H groups in total. The number of nitrogens with one attached hydrogen (secondary N) is 2. The predicted octanol–water partition coefficient (Wildman–Crippen LogP) is 1.83. The number of rotatable bonds is 9. The quantitative estimate of drug-likeness (QED) is 0.525. The minimum atomic E-state index is -0.393. The fourth-order valence-electron chi connectivity index (χ4n) is 3.78. The first-order valence-corrected chi connectivity index (χ1v) is 10.7. The van der Waals surface area contributed by atoms with E-state index in [0.29, 0.717) is 31.0 Å². The molecule has 1 atom stereocenters. The summed E-state index contributed by atoms with van der Waals surface area (Å²) >= 11 is 0. The molecule has 10 nitrogen and oxygen atoms in total. The lowest BCUT2D eigenvalue weighted by Crippen LogP contribution is -2.35. The Morgan fingerprint density at radius 3 is 2.97 bits per heavy atom. The second kappa shape index (κ2) is 9.63. The highest BCUT2D eigenvalue weighted by Crippen LogP contribution is 2.28. The zero-order valence-corrected chi connectivity index (χ0v) is 18.2. The lowest BCUT2D eigenvalue weighted by atomic mass is 10.1. The molecule has 10 heteroatoms. The fraction of sp³-hybridized carbons (Fsp3) is 0.409. The zero-order chi connectivity index (χ0) is 22.5. The average molecular weight is 438 g/mol. The van der Waals surface area contributed by atoms with Crippen LogP contribution < -0.4 is 20.3 Å². The van der Waals surface area contributed by atoms with E-state index in [9.17, 15) is 9.59 Å². The van der Waals surface area contributed by atoms with Crippen LogP contribution in [-0.2, 0) is 16.1 Å². The van der Waals surface area contributed by atoms with E-state index >= 15 is 0 Å². The normalized spacial score (nSPS) is 15.9.